The molecule has 220 valence electrons. The highest BCUT2D eigenvalue weighted by Gasteiger charge is 2.52. The van der Waals surface area contributed by atoms with Crippen molar-refractivity contribution in [2.75, 3.05) is 6.61 Å². The van der Waals surface area contributed by atoms with Crippen LogP contribution in [0.15, 0.2) is 42.5 Å². The first-order chi connectivity index (χ1) is 19.3. The molecule has 2 aromatic rings. The van der Waals surface area contributed by atoms with E-state index in [4.69, 9.17) is 40.0 Å². The van der Waals surface area contributed by atoms with Crippen molar-refractivity contribution in [1.82, 2.24) is 0 Å². The molecule has 11 nitrogen and oxygen atoms in total. The molecule has 0 radical (unpaired) electrons. The van der Waals surface area contributed by atoms with Crippen LogP contribution in [-0.4, -0.2) is 60.9 Å². The van der Waals surface area contributed by atoms with Crippen molar-refractivity contribution < 1.29 is 52.4 Å². The van der Waals surface area contributed by atoms with Gasteiger partial charge in [-0.3, -0.25) is 24.0 Å². The molecule has 1 aliphatic rings. The summed E-state index contributed by atoms with van der Waals surface area (Å²) < 4.78 is 33.0. The fourth-order valence-electron chi connectivity index (χ4n) is 4.47. The van der Waals surface area contributed by atoms with Gasteiger partial charge in [-0.1, -0.05) is 35.9 Å². The first kappa shape index (κ1) is 31.6. The summed E-state index contributed by atoms with van der Waals surface area (Å²) in [5, 5.41) is 0.448. The minimum Gasteiger partial charge on any atom is -0.463 e. The van der Waals surface area contributed by atoms with Crippen molar-refractivity contribution in [2.45, 2.75) is 71.6 Å². The van der Waals surface area contributed by atoms with E-state index in [-0.39, 0.29) is 6.61 Å². The molecule has 12 heteroatoms. The van der Waals surface area contributed by atoms with E-state index in [2.05, 4.69) is 0 Å². The molecule has 1 saturated heterocycles. The van der Waals surface area contributed by atoms with Crippen molar-refractivity contribution in [2.24, 2.45) is 0 Å². The molecule has 0 aromatic heterocycles. The van der Waals surface area contributed by atoms with Crippen LogP contribution in [0.3, 0.4) is 0 Å². The molecule has 1 aliphatic heterocycles. The van der Waals surface area contributed by atoms with Gasteiger partial charge in [-0.25, -0.2) is 0 Å². The van der Waals surface area contributed by atoms with Crippen LogP contribution in [0.5, 0.6) is 5.75 Å². The van der Waals surface area contributed by atoms with Crippen molar-refractivity contribution in [3.8, 4) is 5.75 Å². The van der Waals surface area contributed by atoms with Gasteiger partial charge in [0, 0.05) is 39.6 Å². The fraction of sp³-hybridized carbons (Fsp3) is 0.414. The Hall–Kier alpha value is -3.96. The smallest absolute Gasteiger partial charge is 0.308 e. The van der Waals surface area contributed by atoms with Gasteiger partial charge in [0.05, 0.1) is 0 Å². The summed E-state index contributed by atoms with van der Waals surface area (Å²) in [5.41, 5.74) is 2.07. The Labute approximate surface area is 241 Å². The molecule has 0 amide bonds. The Morgan fingerprint density at radius 3 is 1.88 bits per heavy atom. The lowest BCUT2D eigenvalue weighted by Crippen LogP contribution is -2.59. The highest BCUT2D eigenvalue weighted by Crippen LogP contribution is 2.39. The topological polar surface area (TPSA) is 141 Å². The Morgan fingerprint density at radius 1 is 0.732 bits per heavy atom. The first-order valence-electron chi connectivity index (χ1n) is 12.7. The minimum absolute atomic E-state index is 0.330. The highest BCUT2D eigenvalue weighted by molar-refractivity contribution is 6.31. The number of esters is 5. The SMILES string of the molecule is CC(=O)OCC1OC(c2ccc(Cl)c(Cc3ccc(OC(C)=O)cc3)c2)C(OC(C)=O)C(OC(C)=O)C1OC(C)=O. The average Bonchev–Trinajstić information content (AvgIpc) is 2.86. The van der Waals surface area contributed by atoms with Gasteiger partial charge in [-0.2, -0.15) is 0 Å². The molecule has 41 heavy (non-hydrogen) atoms. The number of rotatable bonds is 9. The second-order valence-corrected chi connectivity index (χ2v) is 9.79. The van der Waals surface area contributed by atoms with E-state index in [1.54, 1.807) is 42.5 Å². The van der Waals surface area contributed by atoms with E-state index >= 15 is 0 Å². The molecule has 0 N–H and O–H groups in total. The zero-order valence-electron chi connectivity index (χ0n) is 23.2. The van der Waals surface area contributed by atoms with Crippen LogP contribution in [0.4, 0.5) is 0 Å². The van der Waals surface area contributed by atoms with Crippen LogP contribution in [0.1, 0.15) is 57.4 Å². The van der Waals surface area contributed by atoms with E-state index in [0.717, 1.165) is 19.4 Å². The van der Waals surface area contributed by atoms with Gasteiger partial charge < -0.3 is 28.4 Å². The quantitative estimate of drug-likeness (QED) is 0.240. The van der Waals surface area contributed by atoms with Crippen molar-refractivity contribution in [1.29, 1.82) is 0 Å². The van der Waals surface area contributed by atoms with Gasteiger partial charge in [0.25, 0.3) is 0 Å². The van der Waals surface area contributed by atoms with Gasteiger partial charge in [-0.15, -0.1) is 0 Å². The molecular weight excluding hydrogens is 560 g/mol. The maximum atomic E-state index is 12.2. The Kier molecular flexibility index (Phi) is 10.8. The van der Waals surface area contributed by atoms with Gasteiger partial charge in [0.1, 0.15) is 24.6 Å². The van der Waals surface area contributed by atoms with Crippen LogP contribution < -0.4 is 4.74 Å². The molecule has 1 heterocycles. The lowest BCUT2D eigenvalue weighted by Gasteiger charge is -2.44. The number of hydrogen-bond acceptors (Lipinski definition) is 11. The number of ether oxygens (including phenoxy) is 6. The van der Waals surface area contributed by atoms with Crippen LogP contribution in [0, 0.1) is 0 Å². The van der Waals surface area contributed by atoms with Gasteiger partial charge >= 0.3 is 29.8 Å². The predicted molar refractivity (Wildman–Crippen MR) is 143 cm³/mol. The lowest BCUT2D eigenvalue weighted by atomic mass is 9.89. The molecule has 5 atom stereocenters. The Bertz CT molecular complexity index is 1290. The van der Waals surface area contributed by atoms with Crippen molar-refractivity contribution >= 4 is 41.4 Å². The van der Waals surface area contributed by atoms with E-state index in [1.165, 1.54) is 20.8 Å². The number of carbonyl (C=O) groups excluding carboxylic acids is 5. The Morgan fingerprint density at radius 2 is 1.32 bits per heavy atom. The van der Waals surface area contributed by atoms with Gasteiger partial charge in [-0.05, 0) is 41.3 Å². The number of benzene rings is 2. The zero-order chi connectivity index (χ0) is 30.3. The summed E-state index contributed by atoms with van der Waals surface area (Å²) in [6.07, 6.45) is -5.48. The molecule has 5 unspecified atom stereocenters. The summed E-state index contributed by atoms with van der Waals surface area (Å²) in [6.45, 7) is 5.69. The Balaban J connectivity index is 2.02. The summed E-state index contributed by atoms with van der Waals surface area (Å²) in [5.74, 6) is -2.76. The predicted octanol–water partition coefficient (Wildman–Crippen LogP) is 3.65. The normalized spacial score (nSPS) is 21.8. The largest absolute Gasteiger partial charge is 0.463 e. The summed E-state index contributed by atoms with van der Waals surface area (Å²) in [7, 11) is 0. The van der Waals surface area contributed by atoms with Crippen LogP contribution >= 0.6 is 11.6 Å². The van der Waals surface area contributed by atoms with E-state index in [1.807, 2.05) is 0 Å². The average molecular weight is 591 g/mol. The monoisotopic (exact) mass is 590 g/mol. The van der Waals surface area contributed by atoms with E-state index in [0.29, 0.717) is 28.3 Å². The summed E-state index contributed by atoms with van der Waals surface area (Å²) >= 11 is 6.52. The van der Waals surface area contributed by atoms with Gasteiger partial charge in [0.2, 0.25) is 0 Å². The van der Waals surface area contributed by atoms with Crippen molar-refractivity contribution in [3.05, 3.63) is 64.2 Å². The van der Waals surface area contributed by atoms with E-state index in [9.17, 15) is 24.0 Å². The van der Waals surface area contributed by atoms with Gasteiger partial charge in [0.15, 0.2) is 18.3 Å². The second kappa shape index (κ2) is 14.1. The molecule has 0 spiro atoms. The maximum Gasteiger partial charge on any atom is 0.308 e. The summed E-state index contributed by atoms with van der Waals surface area (Å²) in [6, 6.07) is 12.0. The molecule has 0 aliphatic carbocycles. The van der Waals surface area contributed by atoms with Crippen LogP contribution in [0.25, 0.3) is 0 Å². The van der Waals surface area contributed by atoms with Crippen molar-refractivity contribution in [3.63, 3.8) is 0 Å². The zero-order valence-corrected chi connectivity index (χ0v) is 24.0. The fourth-order valence-corrected chi connectivity index (χ4v) is 4.65. The second-order valence-electron chi connectivity index (χ2n) is 9.39. The molecule has 0 bridgehead atoms. The van der Waals surface area contributed by atoms with Crippen LogP contribution in [0.2, 0.25) is 5.02 Å². The third-order valence-corrected chi connectivity index (χ3v) is 6.34. The summed E-state index contributed by atoms with van der Waals surface area (Å²) in [4.78, 5) is 59.0. The maximum absolute atomic E-state index is 12.2. The third-order valence-electron chi connectivity index (χ3n) is 5.97. The van der Waals surface area contributed by atoms with Crippen LogP contribution in [-0.2, 0) is 54.1 Å². The molecular formula is C29H31ClO11. The number of carbonyl (C=O) groups is 5. The minimum atomic E-state index is -1.28. The third kappa shape index (κ3) is 9.02. The molecule has 0 saturated carbocycles. The first-order valence-corrected chi connectivity index (χ1v) is 13.1. The molecule has 2 aromatic carbocycles. The van der Waals surface area contributed by atoms with E-state index < -0.39 is 60.4 Å². The standard InChI is InChI=1S/C29H31ClO11/c1-15(31)36-14-25-27(38-17(3)33)29(40-19(5)35)28(39-18(4)34)26(41-25)21-8-11-24(30)22(13-21)12-20-6-9-23(10-7-20)37-16(2)32/h6-11,13,25-29H,12,14H2,1-5H3. The molecule has 1 fully saturated rings. The highest BCUT2D eigenvalue weighted by atomic mass is 35.5. The molecule has 3 rings (SSSR count). The number of hydrogen-bond donors (Lipinski definition) is 0. The number of halogens is 1. The lowest BCUT2D eigenvalue weighted by molar-refractivity contribution is -0.254.